The van der Waals surface area contributed by atoms with E-state index >= 15 is 0 Å². The zero-order chi connectivity index (χ0) is 12.2. The highest BCUT2D eigenvalue weighted by atomic mass is 32.1. The van der Waals surface area contributed by atoms with Gasteiger partial charge in [0.05, 0.1) is 11.4 Å². The molecule has 0 fully saturated rings. The van der Waals surface area contributed by atoms with Crippen LogP contribution in [0.4, 0.5) is 0 Å². The quantitative estimate of drug-likeness (QED) is 0.717. The molecule has 0 radical (unpaired) electrons. The zero-order valence-corrected chi connectivity index (χ0v) is 11.8. The first-order valence-corrected chi connectivity index (χ1v) is 7.11. The van der Waals surface area contributed by atoms with Gasteiger partial charge in [0, 0.05) is 0 Å². The number of imidazole rings is 1. The van der Waals surface area contributed by atoms with Crippen LogP contribution in [0.5, 0.6) is 0 Å². The van der Waals surface area contributed by atoms with Gasteiger partial charge in [0.25, 0.3) is 0 Å². The van der Waals surface area contributed by atoms with Gasteiger partial charge in [-0.15, -0.1) is 0 Å². The Bertz CT molecular complexity index is 559. The first-order chi connectivity index (χ1) is 7.95. The van der Waals surface area contributed by atoms with E-state index in [1.807, 2.05) is 0 Å². The Labute approximate surface area is 106 Å². The summed E-state index contributed by atoms with van der Waals surface area (Å²) in [6.07, 6.45) is 3.51. The Balaban J connectivity index is 2.05. The molecule has 2 aromatic heterocycles. The lowest BCUT2D eigenvalue weighted by atomic mass is 9.73. The third-order valence-electron chi connectivity index (χ3n) is 3.87. The lowest BCUT2D eigenvalue weighted by Gasteiger charge is -2.33. The van der Waals surface area contributed by atoms with Gasteiger partial charge in [0.2, 0.25) is 4.96 Å². The van der Waals surface area contributed by atoms with Gasteiger partial charge in [0.1, 0.15) is 5.01 Å². The Morgan fingerprint density at radius 2 is 2.12 bits per heavy atom. The molecule has 0 aliphatic heterocycles. The average Bonchev–Trinajstić information content (AvgIpc) is 2.71. The first kappa shape index (κ1) is 11.2. The number of hydrogen-bond donors (Lipinski definition) is 0. The second-order valence-electron chi connectivity index (χ2n) is 6.13. The molecule has 0 aromatic carbocycles. The third kappa shape index (κ3) is 1.79. The number of fused-ring (bicyclic) bond motifs is 3. The van der Waals surface area contributed by atoms with E-state index in [0.717, 1.165) is 28.7 Å². The van der Waals surface area contributed by atoms with E-state index in [4.69, 9.17) is 4.98 Å². The first-order valence-electron chi connectivity index (χ1n) is 6.29. The molecule has 0 N–H and O–H groups in total. The number of aryl methyl sites for hydroxylation is 2. The normalized spacial score (nSPS) is 20.8. The van der Waals surface area contributed by atoms with E-state index in [0.29, 0.717) is 5.41 Å². The minimum atomic E-state index is 0.382. The van der Waals surface area contributed by atoms with E-state index in [9.17, 15) is 0 Å². The molecule has 1 atom stereocenters. The van der Waals surface area contributed by atoms with Crippen LogP contribution in [0.3, 0.4) is 0 Å². The molecule has 3 rings (SSSR count). The van der Waals surface area contributed by atoms with Crippen LogP contribution in [0.25, 0.3) is 4.96 Å². The van der Waals surface area contributed by atoms with Crippen molar-refractivity contribution in [3.63, 3.8) is 0 Å². The molecule has 2 heterocycles. The summed E-state index contributed by atoms with van der Waals surface area (Å²) in [7, 11) is 0. The summed E-state index contributed by atoms with van der Waals surface area (Å²) in [5.74, 6) is 0.747. The van der Waals surface area contributed by atoms with Crippen LogP contribution in [-0.4, -0.2) is 14.6 Å². The molecular formula is C13H19N3S. The second kappa shape index (κ2) is 3.55. The molecule has 1 aliphatic rings. The number of hydrogen-bond acceptors (Lipinski definition) is 3. The zero-order valence-electron chi connectivity index (χ0n) is 10.9. The largest absolute Gasteiger partial charge is 0.222 e. The van der Waals surface area contributed by atoms with E-state index in [1.54, 1.807) is 11.3 Å². The third-order valence-corrected chi connectivity index (χ3v) is 4.70. The molecule has 92 valence electrons. The van der Waals surface area contributed by atoms with Gasteiger partial charge in [-0.25, -0.2) is 9.50 Å². The lowest BCUT2D eigenvalue weighted by Crippen LogP contribution is -2.27. The molecule has 17 heavy (non-hydrogen) atoms. The standard InChI is InChI=1S/C13H19N3S/c1-8-15-16-11-7-9(13(2,3)4)5-6-10(11)14-12(16)17-8/h9H,5-7H2,1-4H3. The molecule has 0 spiro atoms. The molecular weight excluding hydrogens is 230 g/mol. The maximum Gasteiger partial charge on any atom is 0.212 e. The van der Waals surface area contributed by atoms with Crippen molar-refractivity contribution in [1.82, 2.24) is 14.6 Å². The van der Waals surface area contributed by atoms with E-state index < -0.39 is 0 Å². The molecule has 0 saturated heterocycles. The maximum absolute atomic E-state index is 4.71. The predicted molar refractivity (Wildman–Crippen MR) is 70.6 cm³/mol. The van der Waals surface area contributed by atoms with Crippen molar-refractivity contribution in [1.29, 1.82) is 0 Å². The second-order valence-corrected chi connectivity index (χ2v) is 7.29. The summed E-state index contributed by atoms with van der Waals surface area (Å²) in [6.45, 7) is 9.07. The molecule has 4 heteroatoms. The van der Waals surface area contributed by atoms with Gasteiger partial charge >= 0.3 is 0 Å². The van der Waals surface area contributed by atoms with E-state index in [1.165, 1.54) is 17.8 Å². The fraction of sp³-hybridized carbons (Fsp3) is 0.692. The fourth-order valence-electron chi connectivity index (χ4n) is 2.72. The van der Waals surface area contributed by atoms with Gasteiger partial charge < -0.3 is 0 Å². The molecule has 0 bridgehead atoms. The topological polar surface area (TPSA) is 30.2 Å². The maximum atomic E-state index is 4.71. The van der Waals surface area contributed by atoms with Crippen LogP contribution in [-0.2, 0) is 12.8 Å². The van der Waals surface area contributed by atoms with Crippen molar-refractivity contribution in [2.45, 2.75) is 47.0 Å². The van der Waals surface area contributed by atoms with Crippen LogP contribution in [0.1, 0.15) is 43.6 Å². The Morgan fingerprint density at radius 1 is 1.35 bits per heavy atom. The van der Waals surface area contributed by atoms with Gasteiger partial charge in [-0.1, -0.05) is 32.1 Å². The highest BCUT2D eigenvalue weighted by Gasteiger charge is 2.31. The highest BCUT2D eigenvalue weighted by Crippen LogP contribution is 2.37. The van der Waals surface area contributed by atoms with E-state index in [2.05, 4.69) is 37.3 Å². The lowest BCUT2D eigenvalue weighted by molar-refractivity contribution is 0.212. The van der Waals surface area contributed by atoms with Crippen LogP contribution in [0.2, 0.25) is 0 Å². The smallest absolute Gasteiger partial charge is 0.212 e. The van der Waals surface area contributed by atoms with Crippen molar-refractivity contribution >= 4 is 16.3 Å². The summed E-state index contributed by atoms with van der Waals surface area (Å²) in [5.41, 5.74) is 3.02. The average molecular weight is 249 g/mol. The number of nitrogens with zero attached hydrogens (tertiary/aromatic N) is 3. The Morgan fingerprint density at radius 3 is 2.82 bits per heavy atom. The van der Waals surface area contributed by atoms with Gasteiger partial charge in [-0.05, 0) is 37.5 Å². The van der Waals surface area contributed by atoms with Crippen LogP contribution in [0, 0.1) is 18.3 Å². The van der Waals surface area contributed by atoms with Crippen LogP contribution >= 0.6 is 11.3 Å². The molecule has 1 aliphatic carbocycles. The van der Waals surface area contributed by atoms with Crippen molar-refractivity contribution in [3.05, 3.63) is 16.4 Å². The van der Waals surface area contributed by atoms with Crippen LogP contribution in [0.15, 0.2) is 0 Å². The van der Waals surface area contributed by atoms with Gasteiger partial charge in [0.15, 0.2) is 0 Å². The van der Waals surface area contributed by atoms with Gasteiger partial charge in [-0.3, -0.25) is 0 Å². The fourth-order valence-corrected chi connectivity index (χ4v) is 3.50. The van der Waals surface area contributed by atoms with Crippen molar-refractivity contribution < 1.29 is 0 Å². The SMILES string of the molecule is Cc1nn2c3c(nc2s1)CCC(C(C)(C)C)C3. The van der Waals surface area contributed by atoms with Crippen LogP contribution < -0.4 is 0 Å². The highest BCUT2D eigenvalue weighted by molar-refractivity contribution is 7.16. The van der Waals surface area contributed by atoms with Gasteiger partial charge in [-0.2, -0.15) is 5.10 Å². The van der Waals surface area contributed by atoms with Crippen molar-refractivity contribution in [2.24, 2.45) is 11.3 Å². The molecule has 1 unspecified atom stereocenters. The Hall–Kier alpha value is -0.900. The molecule has 0 saturated carbocycles. The molecule has 2 aromatic rings. The van der Waals surface area contributed by atoms with Crippen molar-refractivity contribution in [3.8, 4) is 0 Å². The molecule has 3 nitrogen and oxygen atoms in total. The van der Waals surface area contributed by atoms with E-state index in [-0.39, 0.29) is 0 Å². The summed E-state index contributed by atoms with van der Waals surface area (Å²) in [4.78, 5) is 5.78. The minimum absolute atomic E-state index is 0.382. The predicted octanol–water partition coefficient (Wildman–Crippen LogP) is 3.25. The molecule has 0 amide bonds. The summed E-state index contributed by atoms with van der Waals surface area (Å²) in [5, 5.41) is 5.68. The summed E-state index contributed by atoms with van der Waals surface area (Å²) >= 11 is 1.70. The summed E-state index contributed by atoms with van der Waals surface area (Å²) in [6, 6.07) is 0. The minimum Gasteiger partial charge on any atom is -0.222 e. The number of aromatic nitrogens is 3. The Kier molecular flexibility index (Phi) is 2.34. The number of rotatable bonds is 0. The summed E-state index contributed by atoms with van der Waals surface area (Å²) < 4.78 is 2.08. The monoisotopic (exact) mass is 249 g/mol. The van der Waals surface area contributed by atoms with Crippen molar-refractivity contribution in [2.75, 3.05) is 0 Å².